The van der Waals surface area contributed by atoms with Crippen molar-refractivity contribution >= 4 is 17.2 Å². The molecule has 3 nitrogen and oxygen atoms in total. The van der Waals surface area contributed by atoms with Gasteiger partial charge >= 0.3 is 0 Å². The molecule has 106 valence electrons. The zero-order chi connectivity index (χ0) is 14.5. The van der Waals surface area contributed by atoms with E-state index in [0.717, 1.165) is 12.1 Å². The molecule has 0 spiro atoms. The van der Waals surface area contributed by atoms with Crippen LogP contribution in [0.2, 0.25) is 0 Å². The molecule has 3 aromatic rings. The fourth-order valence-corrected chi connectivity index (χ4v) is 2.88. The molecule has 0 saturated carbocycles. The van der Waals surface area contributed by atoms with Gasteiger partial charge in [0.25, 0.3) is 5.91 Å². The summed E-state index contributed by atoms with van der Waals surface area (Å²) in [6.07, 6.45) is 4.81. The number of carbonyl (C=O) groups excluding carboxylic acids is 1. The highest BCUT2D eigenvalue weighted by Crippen LogP contribution is 2.11. The number of nitrogens with one attached hydrogen (secondary N) is 1. The Hall–Kier alpha value is -2.33. The van der Waals surface area contributed by atoms with Crippen LogP contribution in [0.15, 0.2) is 66.3 Å². The topological polar surface area (TPSA) is 34.0 Å². The van der Waals surface area contributed by atoms with Gasteiger partial charge in [-0.15, -0.1) is 11.3 Å². The van der Waals surface area contributed by atoms with E-state index in [4.69, 9.17) is 0 Å². The highest BCUT2D eigenvalue weighted by molar-refractivity contribution is 7.09. The summed E-state index contributed by atoms with van der Waals surface area (Å²) in [4.78, 5) is 13.5. The summed E-state index contributed by atoms with van der Waals surface area (Å²) in [5.41, 5.74) is 1.68. The predicted molar refractivity (Wildman–Crippen MR) is 86.1 cm³/mol. The fraction of sp³-hybridized carbons (Fsp3) is 0.118. The van der Waals surface area contributed by atoms with Crippen LogP contribution in [0.4, 0.5) is 0 Å². The van der Waals surface area contributed by atoms with Gasteiger partial charge in [0.05, 0.1) is 0 Å². The lowest BCUT2D eigenvalue weighted by Crippen LogP contribution is -2.25. The highest BCUT2D eigenvalue weighted by Gasteiger charge is 2.06. The minimum absolute atomic E-state index is 0.0273. The summed E-state index contributed by atoms with van der Waals surface area (Å²) in [7, 11) is 0. The van der Waals surface area contributed by atoms with Gasteiger partial charge in [0.15, 0.2) is 0 Å². The third kappa shape index (κ3) is 3.41. The van der Waals surface area contributed by atoms with Gasteiger partial charge in [-0.3, -0.25) is 4.79 Å². The summed E-state index contributed by atoms with van der Waals surface area (Å²) in [6, 6.07) is 15.7. The van der Waals surface area contributed by atoms with Crippen LogP contribution in [0.1, 0.15) is 15.2 Å². The minimum Gasteiger partial charge on any atom is -0.352 e. The van der Waals surface area contributed by atoms with Crippen LogP contribution in [-0.4, -0.2) is 17.0 Å². The zero-order valence-corrected chi connectivity index (χ0v) is 12.3. The normalized spacial score (nSPS) is 10.5. The number of carbonyl (C=O) groups is 1. The van der Waals surface area contributed by atoms with Gasteiger partial charge in [0.2, 0.25) is 0 Å². The number of aromatic nitrogens is 1. The molecular formula is C17H16N2OS. The zero-order valence-electron chi connectivity index (χ0n) is 11.5. The molecule has 0 unspecified atom stereocenters. The lowest BCUT2D eigenvalue weighted by atomic mass is 10.2. The molecule has 4 heteroatoms. The number of rotatable bonds is 5. The number of benzene rings is 1. The number of amides is 1. The maximum atomic E-state index is 12.2. The fourth-order valence-electron chi connectivity index (χ4n) is 2.17. The second kappa shape index (κ2) is 6.41. The number of nitrogens with zero attached hydrogens (tertiary/aromatic N) is 1. The molecule has 0 bridgehead atoms. The van der Waals surface area contributed by atoms with E-state index in [0.29, 0.717) is 12.1 Å². The predicted octanol–water partition coefficient (Wildman–Crippen LogP) is 3.51. The first-order valence-electron chi connectivity index (χ1n) is 6.87. The van der Waals surface area contributed by atoms with Gasteiger partial charge in [0, 0.05) is 35.1 Å². The van der Waals surface area contributed by atoms with Crippen molar-refractivity contribution in [1.29, 1.82) is 0 Å². The molecule has 1 aromatic carbocycles. The summed E-state index contributed by atoms with van der Waals surface area (Å²) in [5, 5.41) is 5.02. The molecule has 2 heterocycles. The molecule has 0 fully saturated rings. The summed E-state index contributed by atoms with van der Waals surface area (Å²) in [5.74, 6) is -0.0273. The maximum absolute atomic E-state index is 12.2. The van der Waals surface area contributed by atoms with Gasteiger partial charge in [-0.25, -0.2) is 0 Å². The van der Waals surface area contributed by atoms with Crippen molar-refractivity contribution in [3.05, 3.63) is 76.7 Å². The summed E-state index contributed by atoms with van der Waals surface area (Å²) < 4.78 is 1.99. The highest BCUT2D eigenvalue weighted by atomic mass is 32.1. The average molecular weight is 296 g/mol. The van der Waals surface area contributed by atoms with Gasteiger partial charge in [-0.1, -0.05) is 12.1 Å². The van der Waals surface area contributed by atoms with Gasteiger partial charge in [-0.05, 0) is 48.2 Å². The Morgan fingerprint density at radius 3 is 2.71 bits per heavy atom. The van der Waals surface area contributed by atoms with Crippen molar-refractivity contribution in [2.75, 3.05) is 6.54 Å². The van der Waals surface area contributed by atoms with Crippen molar-refractivity contribution < 1.29 is 4.79 Å². The third-order valence-electron chi connectivity index (χ3n) is 3.25. The molecule has 3 rings (SSSR count). The Balaban J connectivity index is 1.63. The molecule has 0 atom stereocenters. The maximum Gasteiger partial charge on any atom is 0.251 e. The number of hydrogen-bond acceptors (Lipinski definition) is 2. The van der Waals surface area contributed by atoms with Gasteiger partial charge in [-0.2, -0.15) is 0 Å². The quantitative estimate of drug-likeness (QED) is 0.768. The first-order chi connectivity index (χ1) is 10.3. The van der Waals surface area contributed by atoms with Crippen molar-refractivity contribution in [3.63, 3.8) is 0 Å². The molecule has 0 aliphatic heterocycles. The number of thiophene rings is 1. The Morgan fingerprint density at radius 2 is 1.95 bits per heavy atom. The minimum atomic E-state index is -0.0273. The average Bonchev–Trinajstić information content (AvgIpc) is 3.21. The monoisotopic (exact) mass is 296 g/mol. The SMILES string of the molecule is O=C(NCCc1cccs1)c1cccc(-n2cccc2)c1. The Bertz CT molecular complexity index is 702. The van der Waals surface area contributed by atoms with Gasteiger partial charge < -0.3 is 9.88 Å². The second-order valence-electron chi connectivity index (χ2n) is 4.73. The van der Waals surface area contributed by atoms with Crippen LogP contribution in [0.25, 0.3) is 5.69 Å². The largest absolute Gasteiger partial charge is 0.352 e. The van der Waals surface area contributed by atoms with E-state index in [9.17, 15) is 4.79 Å². The molecule has 1 amide bonds. The van der Waals surface area contributed by atoms with Crippen molar-refractivity contribution in [1.82, 2.24) is 9.88 Å². The van der Waals surface area contributed by atoms with Crippen LogP contribution in [0.5, 0.6) is 0 Å². The van der Waals surface area contributed by atoms with E-state index < -0.39 is 0 Å². The van der Waals surface area contributed by atoms with E-state index in [1.165, 1.54) is 4.88 Å². The summed E-state index contributed by atoms with van der Waals surface area (Å²) >= 11 is 1.72. The van der Waals surface area contributed by atoms with Crippen LogP contribution in [0, 0.1) is 0 Å². The molecule has 0 radical (unpaired) electrons. The van der Waals surface area contributed by atoms with E-state index in [1.807, 2.05) is 59.4 Å². The molecule has 1 N–H and O–H groups in total. The lowest BCUT2D eigenvalue weighted by molar-refractivity contribution is 0.0954. The van der Waals surface area contributed by atoms with Crippen molar-refractivity contribution in [2.24, 2.45) is 0 Å². The summed E-state index contributed by atoms with van der Waals surface area (Å²) in [6.45, 7) is 0.660. The Labute approximate surface area is 127 Å². The first-order valence-corrected chi connectivity index (χ1v) is 7.75. The number of hydrogen-bond donors (Lipinski definition) is 1. The van der Waals surface area contributed by atoms with Crippen LogP contribution in [0.3, 0.4) is 0 Å². The molecule has 0 aliphatic carbocycles. The molecular weight excluding hydrogens is 280 g/mol. The molecule has 0 aliphatic rings. The van der Waals surface area contributed by atoms with E-state index in [1.54, 1.807) is 11.3 Å². The smallest absolute Gasteiger partial charge is 0.251 e. The van der Waals surface area contributed by atoms with E-state index >= 15 is 0 Å². The second-order valence-corrected chi connectivity index (χ2v) is 5.76. The Kier molecular flexibility index (Phi) is 4.17. The van der Waals surface area contributed by atoms with Gasteiger partial charge in [0.1, 0.15) is 0 Å². The standard InChI is InChI=1S/C17H16N2OS/c20-17(18-9-8-16-7-4-12-21-16)14-5-3-6-15(13-14)19-10-1-2-11-19/h1-7,10-13H,8-9H2,(H,18,20). The van der Waals surface area contributed by atoms with Crippen LogP contribution in [-0.2, 0) is 6.42 Å². The van der Waals surface area contributed by atoms with E-state index in [-0.39, 0.29) is 5.91 Å². The van der Waals surface area contributed by atoms with Crippen molar-refractivity contribution in [3.8, 4) is 5.69 Å². The van der Waals surface area contributed by atoms with Crippen LogP contribution < -0.4 is 5.32 Å². The Morgan fingerprint density at radius 1 is 1.10 bits per heavy atom. The molecule has 21 heavy (non-hydrogen) atoms. The molecule has 2 aromatic heterocycles. The van der Waals surface area contributed by atoms with E-state index in [2.05, 4.69) is 16.8 Å². The van der Waals surface area contributed by atoms with Crippen LogP contribution >= 0.6 is 11.3 Å². The lowest BCUT2D eigenvalue weighted by Gasteiger charge is -2.07. The van der Waals surface area contributed by atoms with Crippen molar-refractivity contribution in [2.45, 2.75) is 6.42 Å². The third-order valence-corrected chi connectivity index (χ3v) is 4.18. The molecule has 0 saturated heterocycles. The first kappa shape index (κ1) is 13.6.